The summed E-state index contributed by atoms with van der Waals surface area (Å²) in [6.07, 6.45) is 0. The second-order valence-electron chi connectivity index (χ2n) is 4.70. The van der Waals surface area contributed by atoms with Crippen molar-refractivity contribution < 1.29 is 14.5 Å². The summed E-state index contributed by atoms with van der Waals surface area (Å²) in [7, 11) is 0. The number of ether oxygens (including phenoxy) is 1. The monoisotopic (exact) mass is 331 g/mol. The first-order chi connectivity index (χ1) is 9.90. The summed E-state index contributed by atoms with van der Waals surface area (Å²) in [5.74, 6) is -0.708. The Hall–Kier alpha value is -1.86. The van der Waals surface area contributed by atoms with E-state index in [4.69, 9.17) is 10.5 Å². The number of nitro groups is 1. The largest absolute Gasteiger partial charge is 0.460 e. The summed E-state index contributed by atoms with van der Waals surface area (Å²) >= 11 is 0. The van der Waals surface area contributed by atoms with E-state index in [0.29, 0.717) is 0 Å². The van der Waals surface area contributed by atoms with Crippen LogP contribution in [0.2, 0.25) is 0 Å². The van der Waals surface area contributed by atoms with Crippen LogP contribution < -0.4 is 5.73 Å². The van der Waals surface area contributed by atoms with E-state index in [0.717, 1.165) is 19.2 Å². The van der Waals surface area contributed by atoms with Gasteiger partial charge in [0.05, 0.1) is 4.92 Å². The molecule has 0 aliphatic rings. The van der Waals surface area contributed by atoms with Gasteiger partial charge in [-0.25, -0.2) is 4.79 Å². The van der Waals surface area contributed by atoms with Crippen molar-refractivity contribution >= 4 is 29.8 Å². The molecule has 2 N–H and O–H groups in total. The molecule has 8 heteroatoms. The standard InChI is InChI=1S/C14H21N3O4.ClH/c1-4-16(5-2)10(3)9-21-14(18)12-7-6-11(15)8-13(12)17(19)20;/h6-8,10H,4-5,9,15H2,1-3H3;1H. The zero-order valence-corrected chi connectivity index (χ0v) is 13.8. The lowest BCUT2D eigenvalue weighted by atomic mass is 10.1. The molecule has 0 aromatic heterocycles. The third kappa shape index (κ3) is 5.16. The SMILES string of the molecule is CCN(CC)C(C)COC(=O)c1ccc(N)cc1[N+](=O)[O-].Cl. The smallest absolute Gasteiger partial charge is 0.345 e. The fraction of sp³-hybridized carbons (Fsp3) is 0.500. The molecule has 0 spiro atoms. The van der Waals surface area contributed by atoms with Crippen molar-refractivity contribution in [2.75, 3.05) is 25.4 Å². The summed E-state index contributed by atoms with van der Waals surface area (Å²) in [5.41, 5.74) is 5.31. The molecule has 1 unspecified atom stereocenters. The number of nitro benzene ring substituents is 1. The first-order valence-electron chi connectivity index (χ1n) is 6.85. The van der Waals surface area contributed by atoms with Gasteiger partial charge in [-0.3, -0.25) is 15.0 Å². The zero-order chi connectivity index (χ0) is 16.0. The van der Waals surface area contributed by atoms with Gasteiger partial charge < -0.3 is 10.5 Å². The van der Waals surface area contributed by atoms with E-state index >= 15 is 0 Å². The molecule has 0 fully saturated rings. The normalized spacial score (nSPS) is 11.6. The first kappa shape index (κ1) is 20.1. The Bertz CT molecular complexity index is 521. The van der Waals surface area contributed by atoms with Gasteiger partial charge in [-0.05, 0) is 32.1 Å². The minimum absolute atomic E-state index is 0. The maximum Gasteiger partial charge on any atom is 0.345 e. The number of nitrogens with zero attached hydrogens (tertiary/aromatic N) is 2. The van der Waals surface area contributed by atoms with E-state index in [1.54, 1.807) is 0 Å². The molecule has 124 valence electrons. The highest BCUT2D eigenvalue weighted by molar-refractivity contribution is 5.94. The minimum Gasteiger partial charge on any atom is -0.460 e. The van der Waals surface area contributed by atoms with Gasteiger partial charge in [0, 0.05) is 17.8 Å². The lowest BCUT2D eigenvalue weighted by Gasteiger charge is -2.25. The van der Waals surface area contributed by atoms with Gasteiger partial charge in [-0.15, -0.1) is 12.4 Å². The number of nitrogen functional groups attached to an aromatic ring is 1. The highest BCUT2D eigenvalue weighted by Gasteiger charge is 2.22. The second kappa shape index (κ2) is 9.22. The number of rotatable bonds is 7. The molecule has 1 aromatic carbocycles. The van der Waals surface area contributed by atoms with Crippen molar-refractivity contribution in [3.8, 4) is 0 Å². The van der Waals surface area contributed by atoms with Crippen molar-refractivity contribution in [1.29, 1.82) is 0 Å². The van der Waals surface area contributed by atoms with Crippen molar-refractivity contribution in [2.24, 2.45) is 0 Å². The number of carbonyl (C=O) groups excluding carboxylic acids is 1. The van der Waals surface area contributed by atoms with E-state index in [1.165, 1.54) is 12.1 Å². The topological polar surface area (TPSA) is 98.7 Å². The summed E-state index contributed by atoms with van der Waals surface area (Å²) in [4.78, 5) is 24.4. The number of anilines is 1. The highest BCUT2D eigenvalue weighted by Crippen LogP contribution is 2.22. The van der Waals surface area contributed by atoms with Gasteiger partial charge in [0.1, 0.15) is 12.2 Å². The van der Waals surface area contributed by atoms with Gasteiger partial charge in [0.25, 0.3) is 5.69 Å². The van der Waals surface area contributed by atoms with E-state index in [2.05, 4.69) is 4.90 Å². The highest BCUT2D eigenvalue weighted by atomic mass is 35.5. The van der Waals surface area contributed by atoms with E-state index in [9.17, 15) is 14.9 Å². The van der Waals surface area contributed by atoms with Gasteiger partial charge in [0.2, 0.25) is 0 Å². The lowest BCUT2D eigenvalue weighted by Crippen LogP contribution is -2.36. The molecule has 22 heavy (non-hydrogen) atoms. The maximum absolute atomic E-state index is 12.0. The molecule has 0 radical (unpaired) electrons. The molecule has 0 aliphatic heterocycles. The van der Waals surface area contributed by atoms with Crippen molar-refractivity contribution in [3.63, 3.8) is 0 Å². The van der Waals surface area contributed by atoms with E-state index < -0.39 is 10.9 Å². The Balaban J connectivity index is 0.00000441. The molecular formula is C14H22ClN3O4. The molecule has 1 aromatic rings. The molecule has 0 amide bonds. The van der Waals surface area contributed by atoms with Crippen LogP contribution in [0, 0.1) is 10.1 Å². The van der Waals surface area contributed by atoms with Crippen molar-refractivity contribution in [2.45, 2.75) is 26.8 Å². The Morgan fingerprint density at radius 1 is 1.41 bits per heavy atom. The fourth-order valence-corrected chi connectivity index (χ4v) is 2.10. The number of halogens is 1. The summed E-state index contributed by atoms with van der Waals surface area (Å²) < 4.78 is 5.18. The van der Waals surface area contributed by atoms with Crippen molar-refractivity contribution in [1.82, 2.24) is 4.90 Å². The Labute approximate surface area is 136 Å². The lowest BCUT2D eigenvalue weighted by molar-refractivity contribution is -0.385. The van der Waals surface area contributed by atoms with Gasteiger partial charge in [-0.1, -0.05) is 13.8 Å². The molecule has 0 aliphatic carbocycles. The molecule has 1 atom stereocenters. The van der Waals surface area contributed by atoms with Crippen molar-refractivity contribution in [3.05, 3.63) is 33.9 Å². The Morgan fingerprint density at radius 3 is 2.50 bits per heavy atom. The number of nitrogens with two attached hydrogens (primary N) is 1. The van der Waals surface area contributed by atoms with Crippen LogP contribution in [0.5, 0.6) is 0 Å². The Morgan fingerprint density at radius 2 is 2.00 bits per heavy atom. The van der Waals surface area contributed by atoms with Crippen LogP contribution in [-0.2, 0) is 4.74 Å². The molecular weight excluding hydrogens is 310 g/mol. The number of benzene rings is 1. The summed E-state index contributed by atoms with van der Waals surface area (Å²) in [6, 6.07) is 3.97. The number of esters is 1. The predicted octanol–water partition coefficient (Wildman–Crippen LogP) is 2.49. The third-order valence-corrected chi connectivity index (χ3v) is 3.33. The number of hydrogen-bond acceptors (Lipinski definition) is 6. The van der Waals surface area contributed by atoms with Crippen LogP contribution in [0.25, 0.3) is 0 Å². The average molecular weight is 332 g/mol. The van der Waals surface area contributed by atoms with Crippen LogP contribution in [0.15, 0.2) is 18.2 Å². The van der Waals surface area contributed by atoms with Crippen LogP contribution in [-0.4, -0.2) is 41.5 Å². The van der Waals surface area contributed by atoms with Crippen LogP contribution in [0.1, 0.15) is 31.1 Å². The quantitative estimate of drug-likeness (QED) is 0.356. The van der Waals surface area contributed by atoms with Crippen LogP contribution in [0.4, 0.5) is 11.4 Å². The summed E-state index contributed by atoms with van der Waals surface area (Å²) in [6.45, 7) is 7.85. The average Bonchev–Trinajstić information content (AvgIpc) is 2.45. The second-order valence-corrected chi connectivity index (χ2v) is 4.70. The third-order valence-electron chi connectivity index (χ3n) is 3.33. The number of carbonyl (C=O) groups is 1. The molecule has 1 rings (SSSR count). The molecule has 0 bridgehead atoms. The molecule has 0 heterocycles. The van der Waals surface area contributed by atoms with Gasteiger partial charge in [0.15, 0.2) is 0 Å². The summed E-state index contributed by atoms with van der Waals surface area (Å²) in [5, 5.41) is 11.0. The molecule has 0 saturated heterocycles. The minimum atomic E-state index is -0.708. The molecule has 0 saturated carbocycles. The van der Waals surface area contributed by atoms with E-state index in [1.807, 2.05) is 20.8 Å². The van der Waals surface area contributed by atoms with Crippen LogP contribution >= 0.6 is 12.4 Å². The molecule has 7 nitrogen and oxygen atoms in total. The van der Waals surface area contributed by atoms with Gasteiger partial charge in [-0.2, -0.15) is 0 Å². The number of likely N-dealkylation sites (N-methyl/N-ethyl adjacent to an activating group) is 1. The first-order valence-corrected chi connectivity index (χ1v) is 6.85. The number of hydrogen-bond donors (Lipinski definition) is 1. The Kier molecular flexibility index (Phi) is 8.44. The van der Waals surface area contributed by atoms with Gasteiger partial charge >= 0.3 is 5.97 Å². The van der Waals surface area contributed by atoms with E-state index in [-0.39, 0.29) is 42.0 Å². The maximum atomic E-state index is 12.0. The fourth-order valence-electron chi connectivity index (χ4n) is 2.10. The van der Waals surface area contributed by atoms with Crippen LogP contribution in [0.3, 0.4) is 0 Å². The zero-order valence-electron chi connectivity index (χ0n) is 12.9. The predicted molar refractivity (Wildman–Crippen MR) is 87.4 cm³/mol.